The zero-order valence-corrected chi connectivity index (χ0v) is 30.8. The van der Waals surface area contributed by atoms with Gasteiger partial charge < -0.3 is 40.1 Å². The van der Waals surface area contributed by atoms with Crippen molar-refractivity contribution >= 4 is 11.9 Å². The first kappa shape index (κ1) is 38.5. The van der Waals surface area contributed by atoms with Crippen LogP contribution in [0.4, 0.5) is 0 Å². The number of hydrogen-bond donors (Lipinski definition) is 6. The van der Waals surface area contributed by atoms with E-state index in [2.05, 4.69) is 35.8 Å². The van der Waals surface area contributed by atoms with Gasteiger partial charge in [0, 0.05) is 50.2 Å². The summed E-state index contributed by atoms with van der Waals surface area (Å²) in [6, 6.07) is 12.8. The Morgan fingerprint density at radius 1 is 0.712 bits per heavy atom. The molecular formula is C40H56N2O10. The fraction of sp³-hybridized carbons (Fsp3) is 0.650. The monoisotopic (exact) mass is 724 g/mol. The van der Waals surface area contributed by atoms with Gasteiger partial charge in [0.05, 0.1) is 12.2 Å². The number of piperidine rings is 2. The topological polar surface area (TPSA) is 180 Å². The Bertz CT molecular complexity index is 1500. The molecule has 4 aliphatic carbocycles. The lowest BCUT2D eigenvalue weighted by atomic mass is 9.63. The second kappa shape index (κ2) is 15.2. The molecular weight excluding hydrogens is 668 g/mol. The van der Waals surface area contributed by atoms with Crippen LogP contribution in [0.5, 0.6) is 11.5 Å². The second-order valence-corrected chi connectivity index (χ2v) is 16.3. The maximum atomic E-state index is 9.89. The Labute approximate surface area is 306 Å². The summed E-state index contributed by atoms with van der Waals surface area (Å²) in [5.41, 5.74) is 5.47. The molecule has 6 N–H and O–H groups in total. The third-order valence-electron chi connectivity index (χ3n) is 12.7. The molecule has 2 saturated heterocycles. The van der Waals surface area contributed by atoms with E-state index in [0.29, 0.717) is 23.6 Å². The highest BCUT2D eigenvalue weighted by Crippen LogP contribution is 2.49. The molecule has 4 fully saturated rings. The van der Waals surface area contributed by atoms with Gasteiger partial charge in [0.15, 0.2) is 12.2 Å². The van der Waals surface area contributed by atoms with Gasteiger partial charge in [0.1, 0.15) is 11.5 Å². The van der Waals surface area contributed by atoms with Crippen LogP contribution in [0.2, 0.25) is 0 Å². The van der Waals surface area contributed by atoms with Gasteiger partial charge in [-0.3, -0.25) is 9.80 Å². The Hall–Kier alpha value is -3.26. The Morgan fingerprint density at radius 3 is 1.38 bits per heavy atom. The Morgan fingerprint density at radius 2 is 1.08 bits per heavy atom. The van der Waals surface area contributed by atoms with Crippen molar-refractivity contribution in [2.45, 2.75) is 113 Å². The van der Waals surface area contributed by atoms with E-state index in [1.54, 1.807) is 0 Å². The highest BCUT2D eigenvalue weighted by atomic mass is 16.5. The fourth-order valence-corrected chi connectivity index (χ4v) is 9.47. The molecule has 2 saturated carbocycles. The minimum Gasteiger partial charge on any atom is -0.508 e. The molecule has 52 heavy (non-hydrogen) atoms. The number of likely N-dealkylation sites (tertiary alicyclic amines) is 2. The largest absolute Gasteiger partial charge is 0.508 e. The number of rotatable bonds is 9. The van der Waals surface area contributed by atoms with Crippen molar-refractivity contribution in [3.63, 3.8) is 0 Å². The number of carboxylic acid groups (broad SMARTS) is 2. The molecule has 2 aromatic carbocycles. The van der Waals surface area contributed by atoms with Crippen LogP contribution in [0, 0.1) is 11.8 Å². The van der Waals surface area contributed by atoms with Crippen molar-refractivity contribution in [2.75, 3.05) is 40.4 Å². The van der Waals surface area contributed by atoms with Crippen LogP contribution in [0.3, 0.4) is 0 Å². The molecule has 8 rings (SSSR count). The lowest BCUT2D eigenvalue weighted by Crippen LogP contribution is -2.63. The average Bonchev–Trinajstić information content (AvgIpc) is 4.05. The fourth-order valence-electron chi connectivity index (χ4n) is 9.47. The van der Waals surface area contributed by atoms with Crippen LogP contribution in [0.25, 0.3) is 0 Å². The van der Waals surface area contributed by atoms with Crippen molar-refractivity contribution in [1.29, 1.82) is 0 Å². The second-order valence-electron chi connectivity index (χ2n) is 16.3. The highest BCUT2D eigenvalue weighted by molar-refractivity contribution is 5.83. The third-order valence-corrected chi connectivity index (χ3v) is 12.7. The summed E-state index contributed by atoms with van der Waals surface area (Å²) in [6.45, 7) is 9.45. The SMILES string of the molecule is CO[C@H]1[C@H]2Cc3ccc(O)cc3[C@]1(C)CCN2CC1CC1.CO[C@H]1[C@H]2Cc3ccc(O)cc3[C@]1(C)CCN2CC1CC1.O=C(O)[C@H](O)[C@@H](O)C(=O)O. The molecule has 4 bridgehead atoms. The molecule has 2 aromatic rings. The van der Waals surface area contributed by atoms with Gasteiger partial charge in [-0.2, -0.15) is 0 Å². The van der Waals surface area contributed by atoms with E-state index < -0.39 is 24.1 Å². The van der Waals surface area contributed by atoms with Gasteiger partial charge >= 0.3 is 11.9 Å². The molecule has 0 amide bonds. The van der Waals surface area contributed by atoms with E-state index >= 15 is 0 Å². The maximum Gasteiger partial charge on any atom is 0.335 e. The van der Waals surface area contributed by atoms with Crippen LogP contribution >= 0.6 is 0 Å². The molecule has 2 heterocycles. The Balaban J connectivity index is 0.000000144. The smallest absolute Gasteiger partial charge is 0.335 e. The summed E-state index contributed by atoms with van der Waals surface area (Å²) in [4.78, 5) is 24.9. The number of aromatic hydroxyl groups is 2. The first-order chi connectivity index (χ1) is 24.7. The van der Waals surface area contributed by atoms with Gasteiger partial charge in [0.25, 0.3) is 0 Å². The number of nitrogens with zero attached hydrogens (tertiary/aromatic N) is 2. The number of phenols is 2. The van der Waals surface area contributed by atoms with E-state index in [1.165, 1.54) is 61.0 Å². The number of aliphatic hydroxyl groups is 2. The van der Waals surface area contributed by atoms with Crippen molar-refractivity contribution in [3.05, 3.63) is 58.7 Å². The minimum absolute atomic E-state index is 0.0335. The van der Waals surface area contributed by atoms with Crippen LogP contribution < -0.4 is 0 Å². The van der Waals surface area contributed by atoms with E-state index in [1.807, 2.05) is 38.5 Å². The summed E-state index contributed by atoms with van der Waals surface area (Å²) in [5, 5.41) is 52.3. The van der Waals surface area contributed by atoms with Gasteiger partial charge in [0.2, 0.25) is 0 Å². The Kier molecular flexibility index (Phi) is 11.3. The van der Waals surface area contributed by atoms with Crippen molar-refractivity contribution < 1.29 is 49.7 Å². The van der Waals surface area contributed by atoms with Crippen LogP contribution in [-0.2, 0) is 42.7 Å². The average molecular weight is 725 g/mol. The third kappa shape index (κ3) is 7.69. The van der Waals surface area contributed by atoms with Crippen LogP contribution in [-0.4, -0.2) is 129 Å². The number of hydrogen-bond acceptors (Lipinski definition) is 10. The first-order valence-corrected chi connectivity index (χ1v) is 18.7. The molecule has 286 valence electrons. The van der Waals surface area contributed by atoms with E-state index in [0.717, 1.165) is 50.6 Å². The van der Waals surface area contributed by atoms with Crippen LogP contribution in [0.1, 0.15) is 74.6 Å². The number of benzene rings is 2. The number of ether oxygens (including phenoxy) is 2. The van der Waals surface area contributed by atoms with Crippen molar-refractivity contribution in [3.8, 4) is 11.5 Å². The van der Waals surface area contributed by atoms with Gasteiger partial charge in [-0.15, -0.1) is 0 Å². The first-order valence-electron chi connectivity index (χ1n) is 18.7. The number of aliphatic hydroxyl groups excluding tert-OH is 2. The number of fused-ring (bicyclic) bond motifs is 8. The molecule has 0 spiro atoms. The predicted molar refractivity (Wildman–Crippen MR) is 193 cm³/mol. The van der Waals surface area contributed by atoms with E-state index in [4.69, 9.17) is 29.9 Å². The summed E-state index contributed by atoms with van der Waals surface area (Å²) in [7, 11) is 3.70. The number of carbonyl (C=O) groups is 2. The molecule has 0 unspecified atom stereocenters. The lowest BCUT2D eigenvalue weighted by Gasteiger charge is -2.54. The van der Waals surface area contributed by atoms with Crippen LogP contribution in [0.15, 0.2) is 36.4 Å². The summed E-state index contributed by atoms with van der Waals surface area (Å²) in [6.07, 6.45) is 5.90. The van der Waals surface area contributed by atoms with Gasteiger partial charge in [-0.1, -0.05) is 26.0 Å². The summed E-state index contributed by atoms with van der Waals surface area (Å²) >= 11 is 0. The molecule has 12 heteroatoms. The van der Waals surface area contributed by atoms with E-state index in [-0.39, 0.29) is 23.0 Å². The number of carboxylic acids is 2. The number of phenolic OH excluding ortho intramolecular Hbond substituents is 2. The normalized spacial score (nSPS) is 31.7. The lowest BCUT2D eigenvalue weighted by molar-refractivity contribution is -0.165. The van der Waals surface area contributed by atoms with Gasteiger partial charge in [-0.05, 0) is 123 Å². The van der Waals surface area contributed by atoms with Crippen molar-refractivity contribution in [2.24, 2.45) is 11.8 Å². The maximum absolute atomic E-state index is 9.89. The standard InChI is InChI=1S/2C18H25NO2.C4H6O6/c2*1-18-7-8-19(11-12-3-4-12)16(17(18)21-2)9-13-5-6-14(20)10-15(13)18;5-1(3(7)8)2(6)4(9)10/h2*5-6,10,12,16-17,20H,3-4,7-9,11H2,1-2H3;1-2,5-6H,(H,7,8)(H,9,10)/t2*16-,17+,18+;1-,2-/m111/s1. The zero-order valence-electron chi connectivity index (χ0n) is 30.8. The quantitative estimate of drug-likeness (QED) is 0.223. The molecule has 12 nitrogen and oxygen atoms in total. The highest BCUT2D eigenvalue weighted by Gasteiger charge is 2.53. The molecule has 8 atom stereocenters. The molecule has 0 aromatic heterocycles. The number of methoxy groups -OCH3 is 2. The van der Waals surface area contributed by atoms with E-state index in [9.17, 15) is 19.8 Å². The predicted octanol–water partition coefficient (Wildman–Crippen LogP) is 3.29. The minimum atomic E-state index is -2.27. The molecule has 6 aliphatic rings. The van der Waals surface area contributed by atoms with Crippen molar-refractivity contribution in [1.82, 2.24) is 9.80 Å². The van der Waals surface area contributed by atoms with Gasteiger partial charge in [-0.25, -0.2) is 9.59 Å². The summed E-state index contributed by atoms with van der Waals surface area (Å²) < 4.78 is 11.9. The summed E-state index contributed by atoms with van der Waals surface area (Å²) in [5.74, 6) is -0.932. The number of aliphatic carboxylic acids is 2. The molecule has 2 aliphatic heterocycles. The zero-order chi connectivity index (χ0) is 37.5. The molecule has 0 radical (unpaired) electrons.